The third kappa shape index (κ3) is 5.13. The van der Waals surface area contributed by atoms with Gasteiger partial charge in [-0.2, -0.15) is 13.2 Å². The Kier molecular flexibility index (Phi) is 6.16. The summed E-state index contributed by atoms with van der Waals surface area (Å²) < 4.78 is 44.0. The fraction of sp³-hybridized carbons (Fsp3) is 0.0952. The second-order valence-electron chi connectivity index (χ2n) is 6.45. The van der Waals surface area contributed by atoms with Crippen LogP contribution in [0.25, 0.3) is 0 Å². The molecule has 1 N–H and O–H groups in total. The van der Waals surface area contributed by atoms with Crippen LogP contribution in [-0.4, -0.2) is 16.0 Å². The Morgan fingerprint density at radius 1 is 1.10 bits per heavy atom. The lowest BCUT2D eigenvalue weighted by atomic mass is 9.99. The molecule has 0 amide bonds. The van der Waals surface area contributed by atoms with E-state index in [4.69, 9.17) is 16.3 Å². The molecule has 0 radical (unpaired) electrons. The molecule has 0 aliphatic carbocycles. The van der Waals surface area contributed by atoms with E-state index in [1.807, 2.05) is 0 Å². The van der Waals surface area contributed by atoms with Gasteiger partial charge < -0.3 is 9.84 Å². The lowest BCUT2D eigenvalue weighted by Crippen LogP contribution is -2.07. The van der Waals surface area contributed by atoms with E-state index in [9.17, 15) is 33.2 Å². The number of nitro groups is 1. The largest absolute Gasteiger partial charge is 0.477 e. The number of benzene rings is 3. The molecule has 0 spiro atoms. The quantitative estimate of drug-likeness (QED) is 0.348. The van der Waals surface area contributed by atoms with Crippen LogP contribution in [0.2, 0.25) is 5.02 Å². The summed E-state index contributed by atoms with van der Waals surface area (Å²) in [6.45, 7) is 0. The lowest BCUT2D eigenvalue weighted by Gasteiger charge is -2.13. The smallest absolute Gasteiger partial charge is 0.416 e. The summed E-state index contributed by atoms with van der Waals surface area (Å²) in [6, 6.07) is 13.3. The van der Waals surface area contributed by atoms with E-state index in [0.29, 0.717) is 11.6 Å². The molecule has 0 heterocycles. The number of aromatic carboxylic acids is 1. The monoisotopic (exact) mass is 451 g/mol. The number of carboxylic acid groups (broad SMARTS) is 1. The minimum absolute atomic E-state index is 0.0371. The Hall–Kier alpha value is -3.59. The summed E-state index contributed by atoms with van der Waals surface area (Å²) in [4.78, 5) is 22.4. The lowest BCUT2D eigenvalue weighted by molar-refractivity contribution is -0.385. The summed E-state index contributed by atoms with van der Waals surface area (Å²) in [6.07, 6.45) is -4.57. The number of nitrogens with zero attached hydrogens (tertiary/aromatic N) is 1. The molecule has 0 bridgehead atoms. The number of alkyl halides is 3. The van der Waals surface area contributed by atoms with Gasteiger partial charge in [0.1, 0.15) is 17.1 Å². The van der Waals surface area contributed by atoms with Crippen molar-refractivity contribution in [3.05, 3.63) is 98.1 Å². The average Bonchev–Trinajstić information content (AvgIpc) is 2.69. The molecule has 0 aromatic heterocycles. The molecular formula is C21H13ClF3NO5. The van der Waals surface area contributed by atoms with Gasteiger partial charge in [-0.3, -0.25) is 10.1 Å². The molecule has 6 nitrogen and oxygen atoms in total. The topological polar surface area (TPSA) is 89.7 Å². The van der Waals surface area contributed by atoms with Gasteiger partial charge in [0.2, 0.25) is 0 Å². The van der Waals surface area contributed by atoms with Crippen LogP contribution in [0, 0.1) is 10.1 Å². The van der Waals surface area contributed by atoms with Gasteiger partial charge in [-0.1, -0.05) is 41.9 Å². The summed E-state index contributed by atoms with van der Waals surface area (Å²) in [5, 5.41) is 20.7. The molecule has 10 heteroatoms. The molecule has 31 heavy (non-hydrogen) atoms. The van der Waals surface area contributed by atoms with Crippen molar-refractivity contribution in [1.29, 1.82) is 0 Å². The Balaban J connectivity index is 2.07. The van der Waals surface area contributed by atoms with Crippen molar-refractivity contribution in [2.45, 2.75) is 12.6 Å². The molecule has 3 aromatic carbocycles. The van der Waals surface area contributed by atoms with E-state index in [1.54, 1.807) is 30.3 Å². The Morgan fingerprint density at radius 2 is 1.77 bits per heavy atom. The Bertz CT molecular complexity index is 1150. The van der Waals surface area contributed by atoms with Crippen LogP contribution >= 0.6 is 11.6 Å². The Morgan fingerprint density at radius 3 is 2.32 bits per heavy atom. The van der Waals surface area contributed by atoms with Gasteiger partial charge in [-0.15, -0.1) is 0 Å². The van der Waals surface area contributed by atoms with Crippen LogP contribution in [-0.2, 0) is 12.6 Å². The van der Waals surface area contributed by atoms with Crippen LogP contribution in [0.15, 0.2) is 60.7 Å². The highest BCUT2D eigenvalue weighted by Crippen LogP contribution is 2.38. The molecule has 0 aliphatic heterocycles. The summed E-state index contributed by atoms with van der Waals surface area (Å²) >= 11 is 5.89. The van der Waals surface area contributed by atoms with E-state index in [1.165, 1.54) is 6.07 Å². The average molecular weight is 452 g/mol. The van der Waals surface area contributed by atoms with Crippen molar-refractivity contribution in [3.63, 3.8) is 0 Å². The molecule has 3 aromatic rings. The maximum Gasteiger partial charge on any atom is 0.416 e. The maximum absolute atomic E-state index is 12.8. The molecule has 160 valence electrons. The molecule has 3 rings (SSSR count). The SMILES string of the molecule is O=C(O)c1cc(Oc2ccc(C(F)(F)F)cc2Cl)cc(Cc2ccccc2)c1[N+](=O)[O-]. The zero-order valence-corrected chi connectivity index (χ0v) is 16.3. The predicted octanol–water partition coefficient (Wildman–Crippen LogP) is 6.35. The first-order chi connectivity index (χ1) is 14.6. The zero-order valence-electron chi connectivity index (χ0n) is 15.5. The Labute approximate surface area is 178 Å². The molecular weight excluding hydrogens is 439 g/mol. The molecule has 0 saturated carbocycles. The van der Waals surface area contributed by atoms with Crippen LogP contribution in [0.4, 0.5) is 18.9 Å². The van der Waals surface area contributed by atoms with Crippen molar-refractivity contribution < 1.29 is 32.7 Å². The first-order valence-corrected chi connectivity index (χ1v) is 9.07. The van der Waals surface area contributed by atoms with E-state index < -0.39 is 33.9 Å². The first-order valence-electron chi connectivity index (χ1n) is 8.69. The summed E-state index contributed by atoms with van der Waals surface area (Å²) in [5.74, 6) is -1.83. The molecule has 0 aliphatic rings. The summed E-state index contributed by atoms with van der Waals surface area (Å²) in [7, 11) is 0. The number of hydrogen-bond acceptors (Lipinski definition) is 4. The number of rotatable bonds is 6. The summed E-state index contributed by atoms with van der Waals surface area (Å²) in [5.41, 5.74) is -1.44. The number of carboxylic acids is 1. The van der Waals surface area contributed by atoms with Crippen molar-refractivity contribution in [2.75, 3.05) is 0 Å². The number of halogens is 4. The molecule has 0 fully saturated rings. The number of ether oxygens (including phenoxy) is 1. The van der Waals surface area contributed by atoms with Gasteiger partial charge in [-0.05, 0) is 29.8 Å². The number of nitro benzene ring substituents is 1. The fourth-order valence-electron chi connectivity index (χ4n) is 2.94. The highest BCUT2D eigenvalue weighted by Gasteiger charge is 2.31. The highest BCUT2D eigenvalue weighted by molar-refractivity contribution is 6.32. The van der Waals surface area contributed by atoms with E-state index in [0.717, 1.165) is 18.2 Å². The standard InChI is InChI=1S/C21H13ClF3NO5/c22-17-10-14(21(23,24)25)6-7-18(17)31-15-9-13(8-12-4-2-1-3-5-12)19(26(29)30)16(11-15)20(27)28/h1-7,9-11H,8H2,(H,27,28). The highest BCUT2D eigenvalue weighted by atomic mass is 35.5. The third-order valence-corrected chi connectivity index (χ3v) is 4.60. The van der Waals surface area contributed by atoms with Crippen molar-refractivity contribution in [1.82, 2.24) is 0 Å². The second-order valence-corrected chi connectivity index (χ2v) is 6.86. The normalized spacial score (nSPS) is 11.2. The second kappa shape index (κ2) is 8.65. The van der Waals surface area contributed by atoms with Crippen LogP contribution < -0.4 is 4.74 Å². The van der Waals surface area contributed by atoms with Gasteiger partial charge in [0.15, 0.2) is 0 Å². The fourth-order valence-corrected chi connectivity index (χ4v) is 3.16. The van der Waals surface area contributed by atoms with Crippen LogP contribution in [0.3, 0.4) is 0 Å². The van der Waals surface area contributed by atoms with Gasteiger partial charge in [0.25, 0.3) is 5.69 Å². The minimum Gasteiger partial charge on any atom is -0.477 e. The van der Waals surface area contributed by atoms with Crippen molar-refractivity contribution in [2.24, 2.45) is 0 Å². The number of carbonyl (C=O) groups is 1. The van der Waals surface area contributed by atoms with Crippen molar-refractivity contribution >= 4 is 23.3 Å². The van der Waals surface area contributed by atoms with E-state index >= 15 is 0 Å². The third-order valence-electron chi connectivity index (χ3n) is 4.30. The van der Waals surface area contributed by atoms with Gasteiger partial charge in [0, 0.05) is 18.1 Å². The maximum atomic E-state index is 12.8. The van der Waals surface area contributed by atoms with Crippen molar-refractivity contribution in [3.8, 4) is 11.5 Å². The predicted molar refractivity (Wildman–Crippen MR) is 106 cm³/mol. The molecule has 0 atom stereocenters. The molecule has 0 saturated heterocycles. The van der Waals surface area contributed by atoms with Gasteiger partial charge in [-0.25, -0.2) is 4.79 Å². The number of hydrogen-bond donors (Lipinski definition) is 1. The zero-order chi connectivity index (χ0) is 22.8. The van der Waals surface area contributed by atoms with Crippen LogP contribution in [0.1, 0.15) is 27.0 Å². The van der Waals surface area contributed by atoms with Crippen LogP contribution in [0.5, 0.6) is 11.5 Å². The minimum atomic E-state index is -4.60. The first kappa shape index (κ1) is 22.1. The van der Waals surface area contributed by atoms with E-state index in [-0.39, 0.29) is 28.5 Å². The molecule has 0 unspecified atom stereocenters. The van der Waals surface area contributed by atoms with Gasteiger partial charge in [0.05, 0.1) is 15.5 Å². The van der Waals surface area contributed by atoms with E-state index in [2.05, 4.69) is 0 Å². The van der Waals surface area contributed by atoms with Gasteiger partial charge >= 0.3 is 12.1 Å².